The summed E-state index contributed by atoms with van der Waals surface area (Å²) in [5, 5.41) is 8.24. The van der Waals surface area contributed by atoms with E-state index in [-0.39, 0.29) is 0 Å². The number of aliphatic hydroxyl groups excluding tert-OH is 1. The molecule has 0 aliphatic rings. The van der Waals surface area contributed by atoms with E-state index in [4.69, 9.17) is 9.66 Å². The van der Waals surface area contributed by atoms with E-state index < -0.39 is 0 Å². The average molecular weight is 214 g/mol. The van der Waals surface area contributed by atoms with Crippen LogP contribution in [0.5, 0.6) is 0 Å². The molecule has 0 saturated carbocycles. The SMILES string of the molecule is CC(C)CCO.OSc1ccccc1. The molecule has 0 amide bonds. The lowest BCUT2D eigenvalue weighted by Crippen LogP contribution is -1.89. The van der Waals surface area contributed by atoms with Crippen LogP contribution in [0, 0.1) is 5.92 Å². The Kier molecular flexibility index (Phi) is 8.73. The third-order valence-corrected chi connectivity index (χ3v) is 2.04. The topological polar surface area (TPSA) is 40.5 Å². The van der Waals surface area contributed by atoms with Crippen molar-refractivity contribution in [2.45, 2.75) is 25.2 Å². The largest absolute Gasteiger partial charge is 0.396 e. The Morgan fingerprint density at radius 2 is 1.79 bits per heavy atom. The van der Waals surface area contributed by atoms with Gasteiger partial charge in [-0.05, 0) is 24.5 Å². The number of benzene rings is 1. The molecule has 1 aromatic carbocycles. The van der Waals surface area contributed by atoms with Gasteiger partial charge in [-0.15, -0.1) is 0 Å². The summed E-state index contributed by atoms with van der Waals surface area (Å²) < 4.78 is 8.45. The maximum atomic E-state index is 8.45. The standard InChI is InChI=1S/C6H6OS.C5H12O/c7-8-6-4-2-1-3-5-6;1-5(2)3-4-6/h1-5,7H;5-6H,3-4H2,1-2H3. The van der Waals surface area contributed by atoms with Gasteiger partial charge in [0.25, 0.3) is 0 Å². The molecule has 0 atom stereocenters. The second kappa shape index (κ2) is 9.06. The lowest BCUT2D eigenvalue weighted by Gasteiger charge is -1.95. The van der Waals surface area contributed by atoms with E-state index in [1.54, 1.807) is 0 Å². The van der Waals surface area contributed by atoms with Gasteiger partial charge in [0.05, 0.1) is 0 Å². The van der Waals surface area contributed by atoms with Gasteiger partial charge in [0, 0.05) is 23.5 Å². The summed E-state index contributed by atoms with van der Waals surface area (Å²) in [6.07, 6.45) is 0.931. The predicted octanol–water partition coefficient (Wildman–Crippen LogP) is 3.28. The predicted molar refractivity (Wildman–Crippen MR) is 61.5 cm³/mol. The van der Waals surface area contributed by atoms with Crippen molar-refractivity contribution in [2.75, 3.05) is 6.61 Å². The van der Waals surface area contributed by atoms with Crippen molar-refractivity contribution in [1.29, 1.82) is 0 Å². The fourth-order valence-corrected chi connectivity index (χ4v) is 1.02. The quantitative estimate of drug-likeness (QED) is 0.759. The maximum absolute atomic E-state index is 8.45. The summed E-state index contributed by atoms with van der Waals surface area (Å²) in [4.78, 5) is 0.882. The van der Waals surface area contributed by atoms with Crippen molar-refractivity contribution >= 4 is 12.0 Å². The van der Waals surface area contributed by atoms with Crippen molar-refractivity contribution in [3.63, 3.8) is 0 Å². The zero-order valence-corrected chi connectivity index (χ0v) is 9.50. The Morgan fingerprint density at radius 1 is 1.21 bits per heavy atom. The van der Waals surface area contributed by atoms with Crippen molar-refractivity contribution in [3.8, 4) is 0 Å². The Labute approximate surface area is 90.2 Å². The van der Waals surface area contributed by atoms with E-state index in [2.05, 4.69) is 13.8 Å². The minimum Gasteiger partial charge on any atom is -0.396 e. The van der Waals surface area contributed by atoms with Gasteiger partial charge in [-0.3, -0.25) is 0 Å². The summed E-state index contributed by atoms with van der Waals surface area (Å²) in [5.41, 5.74) is 0. The van der Waals surface area contributed by atoms with Gasteiger partial charge >= 0.3 is 0 Å². The molecule has 2 nitrogen and oxygen atoms in total. The summed E-state index contributed by atoms with van der Waals surface area (Å²) in [5.74, 6) is 0.648. The van der Waals surface area contributed by atoms with Crippen LogP contribution in [0.1, 0.15) is 20.3 Å². The van der Waals surface area contributed by atoms with Crippen molar-refractivity contribution in [1.82, 2.24) is 0 Å². The Balaban J connectivity index is 0.000000255. The van der Waals surface area contributed by atoms with Crippen LogP contribution >= 0.6 is 12.0 Å². The van der Waals surface area contributed by atoms with E-state index in [1.807, 2.05) is 30.3 Å². The molecule has 0 aliphatic carbocycles. The summed E-state index contributed by atoms with van der Waals surface area (Å²) in [7, 11) is 0. The molecule has 0 unspecified atom stereocenters. The van der Waals surface area contributed by atoms with E-state index >= 15 is 0 Å². The normalized spacial score (nSPS) is 9.50. The number of aliphatic hydroxyl groups is 1. The number of hydrogen-bond acceptors (Lipinski definition) is 3. The van der Waals surface area contributed by atoms with Crippen molar-refractivity contribution < 1.29 is 9.66 Å². The van der Waals surface area contributed by atoms with Gasteiger partial charge in [0.15, 0.2) is 0 Å². The number of rotatable bonds is 3. The lowest BCUT2D eigenvalue weighted by atomic mass is 10.2. The second-order valence-corrected chi connectivity index (χ2v) is 3.96. The van der Waals surface area contributed by atoms with E-state index in [1.165, 1.54) is 0 Å². The highest BCUT2D eigenvalue weighted by Crippen LogP contribution is 2.10. The first-order valence-corrected chi connectivity index (χ1v) is 5.45. The first-order valence-electron chi connectivity index (χ1n) is 4.68. The van der Waals surface area contributed by atoms with Gasteiger partial charge in [0.1, 0.15) is 0 Å². The van der Waals surface area contributed by atoms with Crippen LogP contribution in [0.3, 0.4) is 0 Å². The molecule has 0 spiro atoms. The average Bonchev–Trinajstić information content (AvgIpc) is 2.20. The summed E-state index contributed by atoms with van der Waals surface area (Å²) in [6.45, 7) is 4.52. The van der Waals surface area contributed by atoms with Crippen molar-refractivity contribution in [3.05, 3.63) is 30.3 Å². The molecule has 14 heavy (non-hydrogen) atoms. The van der Waals surface area contributed by atoms with Gasteiger partial charge in [-0.1, -0.05) is 32.0 Å². The molecule has 0 aliphatic heterocycles. The van der Waals surface area contributed by atoms with Crippen molar-refractivity contribution in [2.24, 2.45) is 5.92 Å². The molecule has 80 valence electrons. The molecule has 0 fully saturated rings. The molecule has 0 aromatic heterocycles. The van der Waals surface area contributed by atoms with Gasteiger partial charge < -0.3 is 9.66 Å². The summed E-state index contributed by atoms with van der Waals surface area (Å²) in [6, 6.07) is 9.40. The summed E-state index contributed by atoms with van der Waals surface area (Å²) >= 11 is 0.769. The highest BCUT2D eigenvalue weighted by atomic mass is 32.2. The first kappa shape index (κ1) is 13.5. The first-order chi connectivity index (χ1) is 6.70. The zero-order valence-electron chi connectivity index (χ0n) is 8.68. The highest BCUT2D eigenvalue weighted by Gasteiger charge is 1.86. The second-order valence-electron chi connectivity index (χ2n) is 3.31. The molecule has 3 heteroatoms. The molecule has 0 saturated heterocycles. The highest BCUT2D eigenvalue weighted by molar-refractivity contribution is 7.93. The van der Waals surface area contributed by atoms with Crippen LogP contribution < -0.4 is 0 Å². The minimum absolute atomic E-state index is 0.331. The van der Waals surface area contributed by atoms with E-state index in [0.717, 1.165) is 23.4 Å². The molecule has 0 radical (unpaired) electrons. The Bertz CT molecular complexity index is 212. The third-order valence-electron chi connectivity index (χ3n) is 1.56. The van der Waals surface area contributed by atoms with Crippen LogP contribution in [-0.4, -0.2) is 16.3 Å². The minimum atomic E-state index is 0.331. The van der Waals surface area contributed by atoms with Gasteiger partial charge in [0.2, 0.25) is 0 Å². The van der Waals surface area contributed by atoms with E-state index in [9.17, 15) is 0 Å². The van der Waals surface area contributed by atoms with Gasteiger partial charge in [-0.2, -0.15) is 0 Å². The zero-order chi connectivity index (χ0) is 10.8. The smallest absolute Gasteiger partial charge is 0.0433 e. The van der Waals surface area contributed by atoms with Crippen LogP contribution in [0.15, 0.2) is 35.2 Å². The third kappa shape index (κ3) is 8.10. The molecule has 0 bridgehead atoms. The fourth-order valence-electron chi connectivity index (χ4n) is 0.740. The molecule has 1 rings (SSSR count). The van der Waals surface area contributed by atoms with Crippen LogP contribution in [0.25, 0.3) is 0 Å². The molecular weight excluding hydrogens is 196 g/mol. The molecule has 0 heterocycles. The lowest BCUT2D eigenvalue weighted by molar-refractivity contribution is 0.268. The van der Waals surface area contributed by atoms with Crippen LogP contribution in [0.4, 0.5) is 0 Å². The molecule has 1 aromatic rings. The molecular formula is C11H18O2S. The fraction of sp³-hybridized carbons (Fsp3) is 0.455. The maximum Gasteiger partial charge on any atom is 0.0433 e. The van der Waals surface area contributed by atoms with Crippen LogP contribution in [0.2, 0.25) is 0 Å². The van der Waals surface area contributed by atoms with E-state index in [0.29, 0.717) is 12.5 Å². The van der Waals surface area contributed by atoms with Gasteiger partial charge in [-0.25, -0.2) is 0 Å². The Morgan fingerprint density at radius 3 is 2.00 bits per heavy atom. The monoisotopic (exact) mass is 214 g/mol. The van der Waals surface area contributed by atoms with Crippen LogP contribution in [-0.2, 0) is 0 Å². The molecule has 2 N–H and O–H groups in total. The number of hydrogen-bond donors (Lipinski definition) is 2. The Hall–Kier alpha value is -0.510.